The lowest BCUT2D eigenvalue weighted by Crippen LogP contribution is -2.50. The van der Waals surface area contributed by atoms with Gasteiger partial charge in [-0.2, -0.15) is 4.31 Å². The van der Waals surface area contributed by atoms with Gasteiger partial charge < -0.3 is 15.4 Å². The number of carbonyl (C=O) groups excluding carboxylic acids is 2. The molecule has 9 nitrogen and oxygen atoms in total. The molecule has 0 bridgehead atoms. The zero-order valence-corrected chi connectivity index (χ0v) is 20.1. The molecular formula is C21H30N4O5S2. The van der Waals surface area contributed by atoms with Gasteiger partial charge in [0.15, 0.2) is 0 Å². The molecule has 2 aliphatic heterocycles. The van der Waals surface area contributed by atoms with Crippen LogP contribution in [-0.4, -0.2) is 61.2 Å². The van der Waals surface area contributed by atoms with Gasteiger partial charge in [-0.3, -0.25) is 0 Å². The lowest BCUT2D eigenvalue weighted by Gasteiger charge is -2.28. The summed E-state index contributed by atoms with van der Waals surface area (Å²) >= 11 is 1.31. The summed E-state index contributed by atoms with van der Waals surface area (Å²) < 4.78 is 32.5. The summed E-state index contributed by atoms with van der Waals surface area (Å²) in [6.07, 6.45) is 5.77. The number of pyridine rings is 1. The van der Waals surface area contributed by atoms with Gasteiger partial charge >= 0.3 is 12.0 Å². The number of rotatable bonds is 8. The van der Waals surface area contributed by atoms with Crippen molar-refractivity contribution in [3.05, 3.63) is 29.6 Å². The molecule has 176 valence electrons. The van der Waals surface area contributed by atoms with E-state index in [2.05, 4.69) is 15.6 Å². The van der Waals surface area contributed by atoms with E-state index < -0.39 is 22.0 Å². The van der Waals surface area contributed by atoms with Gasteiger partial charge in [-0.25, -0.2) is 23.0 Å². The number of nitrogens with zero attached hydrogens (tertiary/aromatic N) is 2. The minimum absolute atomic E-state index is 0.177. The van der Waals surface area contributed by atoms with Crippen LogP contribution in [0.1, 0.15) is 46.0 Å². The van der Waals surface area contributed by atoms with Crippen LogP contribution >= 0.6 is 11.8 Å². The second kappa shape index (κ2) is 11.2. The lowest BCUT2D eigenvalue weighted by molar-refractivity contribution is -0.139. The quantitative estimate of drug-likeness (QED) is 0.432. The summed E-state index contributed by atoms with van der Waals surface area (Å²) in [6, 6.07) is 2.42. The van der Waals surface area contributed by atoms with Gasteiger partial charge in [-0.1, -0.05) is 19.8 Å². The molecule has 0 aromatic carbocycles. The molecule has 1 aromatic heterocycles. The van der Waals surface area contributed by atoms with Crippen molar-refractivity contribution in [3.63, 3.8) is 0 Å². The van der Waals surface area contributed by atoms with Crippen LogP contribution in [-0.2, 0) is 19.6 Å². The van der Waals surface area contributed by atoms with E-state index in [9.17, 15) is 18.0 Å². The van der Waals surface area contributed by atoms with Crippen LogP contribution in [0.5, 0.6) is 0 Å². The highest BCUT2D eigenvalue weighted by atomic mass is 32.2. The van der Waals surface area contributed by atoms with Crippen LogP contribution in [0.25, 0.3) is 0 Å². The van der Waals surface area contributed by atoms with Gasteiger partial charge in [0.1, 0.15) is 4.90 Å². The maximum Gasteiger partial charge on any atom is 0.337 e. The maximum atomic E-state index is 12.9. The molecule has 3 heterocycles. The number of hydrogen-bond acceptors (Lipinski definition) is 7. The number of esters is 1. The van der Waals surface area contributed by atoms with Gasteiger partial charge in [0.25, 0.3) is 0 Å². The largest absolute Gasteiger partial charge is 0.463 e. The van der Waals surface area contributed by atoms with Crippen molar-refractivity contribution in [1.29, 1.82) is 0 Å². The van der Waals surface area contributed by atoms with Crippen molar-refractivity contribution in [2.75, 3.05) is 25.4 Å². The van der Waals surface area contributed by atoms with E-state index in [1.165, 1.54) is 22.3 Å². The Hall–Kier alpha value is -2.11. The lowest BCUT2D eigenvalue weighted by atomic mass is 10.0. The van der Waals surface area contributed by atoms with Crippen LogP contribution in [0.4, 0.5) is 4.79 Å². The molecule has 2 amide bonds. The summed E-state index contributed by atoms with van der Waals surface area (Å²) in [6.45, 7) is 4.92. The van der Waals surface area contributed by atoms with Gasteiger partial charge in [0.2, 0.25) is 10.0 Å². The maximum absolute atomic E-state index is 12.9. The normalized spacial score (nSPS) is 20.3. The highest BCUT2D eigenvalue weighted by Gasteiger charge is 2.31. The average molecular weight is 483 g/mol. The molecule has 3 rings (SSSR count). The van der Waals surface area contributed by atoms with E-state index in [1.807, 2.05) is 6.92 Å². The van der Waals surface area contributed by atoms with Crippen LogP contribution in [0, 0.1) is 0 Å². The third-order valence-corrected chi connectivity index (χ3v) is 8.28. The fourth-order valence-electron chi connectivity index (χ4n) is 3.76. The van der Waals surface area contributed by atoms with Crippen molar-refractivity contribution in [2.24, 2.45) is 0 Å². The zero-order chi connectivity index (χ0) is 23.1. The standard InChI is InChI=1S/C21H30N4O5S2/c1-3-16-19(20(26)30-4-2)17(24-21(27)23-16)14-31-18-10-9-15(13-22-18)32(28,29)25-11-7-5-6-8-12-25/h9-10,13,16H,3-8,11-12,14H2,1-2H3,(H2,23,24,27). The molecular weight excluding hydrogens is 452 g/mol. The van der Waals surface area contributed by atoms with E-state index in [1.54, 1.807) is 19.1 Å². The molecule has 1 unspecified atom stereocenters. The van der Waals surface area contributed by atoms with Crippen LogP contribution in [0.15, 0.2) is 39.5 Å². The van der Waals surface area contributed by atoms with E-state index in [0.29, 0.717) is 41.6 Å². The third kappa shape index (κ3) is 5.81. The Bertz CT molecular complexity index is 955. The Morgan fingerprint density at radius 3 is 2.53 bits per heavy atom. The fraction of sp³-hybridized carbons (Fsp3) is 0.571. The highest BCUT2D eigenvalue weighted by Crippen LogP contribution is 2.25. The number of urea groups is 1. The van der Waals surface area contributed by atoms with Crippen molar-refractivity contribution in [1.82, 2.24) is 19.9 Å². The first-order chi connectivity index (χ1) is 15.4. The molecule has 1 atom stereocenters. The number of aromatic nitrogens is 1. The Morgan fingerprint density at radius 2 is 1.94 bits per heavy atom. The second-order valence-corrected chi connectivity index (χ2v) is 10.5. The van der Waals surface area contributed by atoms with Gasteiger partial charge in [-0.05, 0) is 38.3 Å². The van der Waals surface area contributed by atoms with E-state index in [4.69, 9.17) is 4.74 Å². The van der Waals surface area contributed by atoms with Crippen LogP contribution in [0.3, 0.4) is 0 Å². The first-order valence-corrected chi connectivity index (χ1v) is 13.4. The number of sulfonamides is 1. The molecule has 2 N–H and O–H groups in total. The molecule has 32 heavy (non-hydrogen) atoms. The van der Waals surface area contributed by atoms with E-state index >= 15 is 0 Å². The molecule has 0 radical (unpaired) electrons. The van der Waals surface area contributed by atoms with E-state index in [0.717, 1.165) is 25.7 Å². The minimum atomic E-state index is -3.56. The summed E-state index contributed by atoms with van der Waals surface area (Å²) in [4.78, 5) is 28.9. The van der Waals surface area contributed by atoms with E-state index in [-0.39, 0.29) is 17.5 Å². The van der Waals surface area contributed by atoms with Crippen molar-refractivity contribution in [3.8, 4) is 0 Å². The molecule has 0 aliphatic carbocycles. The second-order valence-electron chi connectivity index (χ2n) is 7.61. The van der Waals surface area contributed by atoms with Gasteiger partial charge in [0, 0.05) is 30.7 Å². The number of carbonyl (C=O) groups is 2. The molecule has 0 spiro atoms. The first-order valence-electron chi connectivity index (χ1n) is 10.9. The third-order valence-electron chi connectivity index (χ3n) is 5.42. The molecule has 0 saturated carbocycles. The Morgan fingerprint density at radius 1 is 1.22 bits per heavy atom. The molecule has 2 aliphatic rings. The van der Waals surface area contributed by atoms with Gasteiger partial charge in [0.05, 0.1) is 23.2 Å². The monoisotopic (exact) mass is 482 g/mol. The predicted octanol–water partition coefficient (Wildman–Crippen LogP) is 2.65. The molecule has 11 heteroatoms. The summed E-state index contributed by atoms with van der Waals surface area (Å²) in [5.74, 6) is -0.169. The highest BCUT2D eigenvalue weighted by molar-refractivity contribution is 7.99. The Balaban J connectivity index is 1.74. The van der Waals surface area contributed by atoms with Gasteiger partial charge in [-0.15, -0.1) is 11.8 Å². The Kier molecular flexibility index (Phi) is 8.55. The summed E-state index contributed by atoms with van der Waals surface area (Å²) in [5.41, 5.74) is 0.883. The SMILES string of the molecule is CCOC(=O)C1=C(CSc2ccc(S(=O)(=O)N3CCCCCC3)cn2)NC(=O)NC1CC. The number of amides is 2. The molecule has 1 saturated heterocycles. The topological polar surface area (TPSA) is 118 Å². The smallest absolute Gasteiger partial charge is 0.337 e. The zero-order valence-electron chi connectivity index (χ0n) is 18.4. The van der Waals surface area contributed by atoms with Crippen molar-refractivity contribution in [2.45, 2.75) is 61.9 Å². The number of hydrogen-bond donors (Lipinski definition) is 2. The molecule has 1 fully saturated rings. The molecule has 1 aromatic rings. The fourth-order valence-corrected chi connectivity index (χ4v) is 6.03. The number of ether oxygens (including phenoxy) is 1. The summed E-state index contributed by atoms with van der Waals surface area (Å²) in [7, 11) is -3.56. The number of nitrogens with one attached hydrogen (secondary N) is 2. The van der Waals surface area contributed by atoms with Crippen LogP contribution in [0.2, 0.25) is 0 Å². The predicted molar refractivity (Wildman–Crippen MR) is 122 cm³/mol. The summed E-state index contributed by atoms with van der Waals surface area (Å²) in [5, 5.41) is 6.03. The average Bonchev–Trinajstić information content (AvgIpc) is 3.08. The van der Waals surface area contributed by atoms with Crippen molar-refractivity contribution < 1.29 is 22.7 Å². The Labute approximate surface area is 193 Å². The van der Waals surface area contributed by atoms with Crippen LogP contribution < -0.4 is 10.6 Å². The minimum Gasteiger partial charge on any atom is -0.463 e. The first kappa shape index (κ1) is 24.5. The number of thioether (sulfide) groups is 1. The van der Waals surface area contributed by atoms with Crippen molar-refractivity contribution >= 4 is 33.8 Å².